The predicted molar refractivity (Wildman–Crippen MR) is 138 cm³/mol. The van der Waals surface area contributed by atoms with E-state index in [1.54, 1.807) is 29.1 Å². The average Bonchev–Trinajstić information content (AvgIpc) is 3.55. The maximum absolute atomic E-state index is 14.5. The zero-order valence-electron chi connectivity index (χ0n) is 20.8. The first-order chi connectivity index (χ1) is 18.1. The van der Waals surface area contributed by atoms with Gasteiger partial charge in [0.1, 0.15) is 17.7 Å². The van der Waals surface area contributed by atoms with E-state index >= 15 is 0 Å². The van der Waals surface area contributed by atoms with Gasteiger partial charge in [0.25, 0.3) is 0 Å². The SMILES string of the molecule is CNc1cc2c(cn1)c(-c1cnn(C3CCNC[C@@H]3F)c1)nn2C1CCC(Oc2ccccc2F)CC1. The van der Waals surface area contributed by atoms with Gasteiger partial charge in [0.15, 0.2) is 11.6 Å². The number of ether oxygens (including phenoxy) is 1. The Labute approximate surface area is 214 Å². The third kappa shape index (κ3) is 4.66. The Morgan fingerprint density at radius 2 is 1.95 bits per heavy atom. The minimum Gasteiger partial charge on any atom is -0.487 e. The summed E-state index contributed by atoms with van der Waals surface area (Å²) in [4.78, 5) is 4.53. The van der Waals surface area contributed by atoms with Crippen LogP contribution in [0.15, 0.2) is 48.9 Å². The molecule has 37 heavy (non-hydrogen) atoms. The minimum absolute atomic E-state index is 0.0270. The molecule has 1 aliphatic heterocycles. The standard InChI is InChI=1S/C27H31F2N7O/c1-30-26-12-24-20(14-32-26)27(17-13-33-35(16-17)23-10-11-31-15-22(23)29)34-36(24)18-6-8-19(9-7-18)37-25-5-3-2-4-21(25)28/h2-5,12-14,16,18-19,22-23,31H,6-11,15H2,1H3,(H,30,32)/t18?,19?,22-,23?/m0/s1. The second-order valence-corrected chi connectivity index (χ2v) is 9.89. The first-order valence-corrected chi connectivity index (χ1v) is 13.0. The number of aromatic nitrogens is 5. The molecule has 2 atom stereocenters. The number of benzene rings is 1. The molecule has 1 aromatic carbocycles. The summed E-state index contributed by atoms with van der Waals surface area (Å²) in [6.07, 6.45) is 8.56. The summed E-state index contributed by atoms with van der Waals surface area (Å²) < 4.78 is 38.4. The van der Waals surface area contributed by atoms with Crippen LogP contribution in [0.25, 0.3) is 22.2 Å². The zero-order chi connectivity index (χ0) is 25.4. The van der Waals surface area contributed by atoms with E-state index < -0.39 is 6.17 Å². The van der Waals surface area contributed by atoms with Gasteiger partial charge < -0.3 is 15.4 Å². The fourth-order valence-electron chi connectivity index (χ4n) is 5.53. The highest BCUT2D eigenvalue weighted by Gasteiger charge is 2.29. The van der Waals surface area contributed by atoms with Gasteiger partial charge >= 0.3 is 0 Å². The number of anilines is 1. The molecule has 10 heteroatoms. The van der Waals surface area contributed by atoms with Crippen molar-refractivity contribution in [2.45, 2.75) is 56.5 Å². The monoisotopic (exact) mass is 507 g/mol. The molecule has 0 bridgehead atoms. The van der Waals surface area contributed by atoms with Crippen molar-refractivity contribution in [3.63, 3.8) is 0 Å². The molecule has 3 aromatic heterocycles. The number of nitrogens with one attached hydrogen (secondary N) is 2. The molecule has 0 amide bonds. The van der Waals surface area contributed by atoms with Gasteiger partial charge in [0, 0.05) is 43.0 Å². The largest absolute Gasteiger partial charge is 0.487 e. The molecule has 1 saturated carbocycles. The first-order valence-electron chi connectivity index (χ1n) is 13.0. The average molecular weight is 508 g/mol. The number of piperidine rings is 1. The van der Waals surface area contributed by atoms with Gasteiger partial charge in [-0.3, -0.25) is 9.36 Å². The Balaban J connectivity index is 1.27. The van der Waals surface area contributed by atoms with Gasteiger partial charge in [0.05, 0.1) is 29.9 Å². The van der Waals surface area contributed by atoms with E-state index in [4.69, 9.17) is 9.84 Å². The lowest BCUT2D eigenvalue weighted by molar-refractivity contribution is 0.126. The summed E-state index contributed by atoms with van der Waals surface area (Å²) in [5.74, 6) is 0.745. The molecular weight excluding hydrogens is 476 g/mol. The Bertz CT molecular complexity index is 1380. The van der Waals surface area contributed by atoms with Crippen LogP contribution in [0.3, 0.4) is 0 Å². The third-order valence-corrected chi connectivity index (χ3v) is 7.56. The van der Waals surface area contributed by atoms with Crippen molar-refractivity contribution in [3.8, 4) is 17.0 Å². The van der Waals surface area contributed by atoms with E-state index in [2.05, 4.69) is 25.4 Å². The molecule has 6 rings (SSSR count). The topological polar surface area (TPSA) is 81.8 Å². The molecule has 1 aliphatic carbocycles. The molecule has 8 nitrogen and oxygen atoms in total. The van der Waals surface area contributed by atoms with Crippen LogP contribution < -0.4 is 15.4 Å². The molecule has 0 spiro atoms. The first kappa shape index (κ1) is 23.8. The van der Waals surface area contributed by atoms with E-state index in [0.29, 0.717) is 18.7 Å². The molecule has 2 fully saturated rings. The van der Waals surface area contributed by atoms with Crippen molar-refractivity contribution >= 4 is 16.7 Å². The van der Waals surface area contributed by atoms with Crippen molar-refractivity contribution in [1.82, 2.24) is 29.9 Å². The number of pyridine rings is 1. The van der Waals surface area contributed by atoms with E-state index in [0.717, 1.165) is 60.2 Å². The van der Waals surface area contributed by atoms with E-state index in [9.17, 15) is 8.78 Å². The molecule has 4 heterocycles. The fourth-order valence-corrected chi connectivity index (χ4v) is 5.53. The van der Waals surface area contributed by atoms with Gasteiger partial charge in [-0.15, -0.1) is 0 Å². The molecule has 194 valence electrons. The summed E-state index contributed by atoms with van der Waals surface area (Å²) in [6, 6.07) is 8.47. The Morgan fingerprint density at radius 3 is 2.73 bits per heavy atom. The van der Waals surface area contributed by atoms with Gasteiger partial charge in [-0.05, 0) is 50.8 Å². The number of nitrogens with zero attached hydrogens (tertiary/aromatic N) is 5. The van der Waals surface area contributed by atoms with Crippen molar-refractivity contribution in [3.05, 3.63) is 54.7 Å². The highest BCUT2D eigenvalue weighted by Crippen LogP contribution is 2.37. The summed E-state index contributed by atoms with van der Waals surface area (Å²) in [7, 11) is 1.84. The summed E-state index contributed by atoms with van der Waals surface area (Å²) >= 11 is 0. The van der Waals surface area contributed by atoms with Crippen molar-refractivity contribution in [2.24, 2.45) is 0 Å². The van der Waals surface area contributed by atoms with Crippen LogP contribution in [0.1, 0.15) is 44.2 Å². The maximum atomic E-state index is 14.5. The summed E-state index contributed by atoms with van der Waals surface area (Å²) in [5, 5.41) is 16.7. The highest BCUT2D eigenvalue weighted by atomic mass is 19.1. The van der Waals surface area contributed by atoms with Crippen LogP contribution in [-0.2, 0) is 0 Å². The van der Waals surface area contributed by atoms with Gasteiger partial charge in [-0.25, -0.2) is 13.8 Å². The molecule has 1 unspecified atom stereocenters. The lowest BCUT2D eigenvalue weighted by atomic mass is 9.93. The van der Waals surface area contributed by atoms with Crippen LogP contribution in [-0.4, -0.2) is 57.0 Å². The van der Waals surface area contributed by atoms with E-state index in [-0.39, 0.29) is 24.0 Å². The van der Waals surface area contributed by atoms with Crippen molar-refractivity contribution in [1.29, 1.82) is 0 Å². The van der Waals surface area contributed by atoms with Gasteiger partial charge in [0.2, 0.25) is 0 Å². The second kappa shape index (κ2) is 10.1. The summed E-state index contributed by atoms with van der Waals surface area (Å²) in [5.41, 5.74) is 2.64. The quantitative estimate of drug-likeness (QED) is 0.386. The highest BCUT2D eigenvalue weighted by molar-refractivity contribution is 5.93. The number of halogens is 2. The number of rotatable bonds is 6. The number of hydrogen-bond donors (Lipinski definition) is 2. The van der Waals surface area contributed by atoms with Crippen LogP contribution in [0.4, 0.5) is 14.6 Å². The fraction of sp³-hybridized carbons (Fsp3) is 0.444. The minimum atomic E-state index is -0.975. The zero-order valence-corrected chi connectivity index (χ0v) is 20.8. The molecule has 2 aliphatic rings. The molecule has 2 N–H and O–H groups in total. The number of alkyl halides is 1. The maximum Gasteiger partial charge on any atom is 0.165 e. The number of para-hydroxylation sites is 1. The van der Waals surface area contributed by atoms with Crippen molar-refractivity contribution in [2.75, 3.05) is 25.5 Å². The predicted octanol–water partition coefficient (Wildman–Crippen LogP) is 4.91. The molecular formula is C27H31F2N7O. The smallest absolute Gasteiger partial charge is 0.165 e. The van der Waals surface area contributed by atoms with Gasteiger partial charge in [-0.2, -0.15) is 10.2 Å². The van der Waals surface area contributed by atoms with Crippen LogP contribution in [0.5, 0.6) is 5.75 Å². The molecule has 4 aromatic rings. The van der Waals surface area contributed by atoms with E-state index in [1.807, 2.05) is 25.5 Å². The van der Waals surface area contributed by atoms with Crippen molar-refractivity contribution < 1.29 is 13.5 Å². The summed E-state index contributed by atoms with van der Waals surface area (Å²) in [6.45, 7) is 1.12. The Kier molecular flexibility index (Phi) is 6.50. The third-order valence-electron chi connectivity index (χ3n) is 7.56. The normalized spacial score (nSPS) is 24.3. The Morgan fingerprint density at radius 1 is 1.11 bits per heavy atom. The van der Waals surface area contributed by atoms with Crippen LogP contribution in [0.2, 0.25) is 0 Å². The molecule has 1 saturated heterocycles. The van der Waals surface area contributed by atoms with Crippen LogP contribution >= 0.6 is 0 Å². The lowest BCUT2D eigenvalue weighted by Gasteiger charge is -2.29. The Hall–Kier alpha value is -3.53. The lowest BCUT2D eigenvalue weighted by Crippen LogP contribution is -2.39. The number of fused-ring (bicyclic) bond motifs is 1. The van der Waals surface area contributed by atoms with Crippen LogP contribution in [0, 0.1) is 5.82 Å². The second-order valence-electron chi connectivity index (χ2n) is 9.89. The van der Waals surface area contributed by atoms with E-state index in [1.165, 1.54) is 6.07 Å². The van der Waals surface area contributed by atoms with Gasteiger partial charge in [-0.1, -0.05) is 12.1 Å². The number of hydrogen-bond acceptors (Lipinski definition) is 6. The molecule has 0 radical (unpaired) electrons.